The molecule has 148 valence electrons. The van der Waals surface area contributed by atoms with Crippen LogP contribution in [0.5, 0.6) is 0 Å². The third-order valence-corrected chi connectivity index (χ3v) is 5.44. The van der Waals surface area contributed by atoms with Crippen molar-refractivity contribution in [3.63, 3.8) is 0 Å². The average Bonchev–Trinajstić information content (AvgIpc) is 3.09. The van der Waals surface area contributed by atoms with Gasteiger partial charge in [-0.1, -0.05) is 30.3 Å². The molecule has 0 spiro atoms. The van der Waals surface area contributed by atoms with E-state index in [1.807, 2.05) is 49.3 Å². The summed E-state index contributed by atoms with van der Waals surface area (Å²) in [6, 6.07) is 9.27. The van der Waals surface area contributed by atoms with Crippen LogP contribution in [0, 0.1) is 0 Å². The minimum Gasteiger partial charge on any atom is -0.458 e. The highest BCUT2D eigenvalue weighted by atomic mass is 32.1. The smallest absolute Gasteiger partial charge is 0.340 e. The number of carbonyl (C=O) groups excluding carboxylic acids is 1. The Balaban J connectivity index is 2.06. The number of benzene rings is 1. The first-order chi connectivity index (χ1) is 13.3. The molecule has 1 atom stereocenters. The Kier molecular flexibility index (Phi) is 5.81. The molecule has 3 aromatic rings. The number of fused-ring (bicyclic) bond motifs is 1. The number of carbonyl (C=O) groups is 1. The molecule has 0 saturated carbocycles. The second kappa shape index (κ2) is 8.12. The van der Waals surface area contributed by atoms with E-state index in [9.17, 15) is 14.4 Å². The molecule has 0 aliphatic carbocycles. The number of esters is 1. The van der Waals surface area contributed by atoms with E-state index in [0.717, 1.165) is 10.1 Å². The molecule has 8 heteroatoms. The highest BCUT2D eigenvalue weighted by molar-refractivity contribution is 7.17. The number of rotatable bonds is 6. The van der Waals surface area contributed by atoms with E-state index in [0.29, 0.717) is 11.4 Å². The predicted molar refractivity (Wildman–Crippen MR) is 110 cm³/mol. The summed E-state index contributed by atoms with van der Waals surface area (Å²) in [6.07, 6.45) is -0.323. The Hall–Kier alpha value is -2.71. The second-order valence-corrected chi connectivity index (χ2v) is 7.88. The van der Waals surface area contributed by atoms with Gasteiger partial charge >= 0.3 is 11.7 Å². The highest BCUT2D eigenvalue weighted by Crippen LogP contribution is 2.23. The van der Waals surface area contributed by atoms with Gasteiger partial charge in [0.25, 0.3) is 5.56 Å². The standard InChI is InChI=1S/C20H23N3O4S/c1-13(10-21(2)3)27-19(25)15-12-28-18-16(15)17(24)23(20(26)22(18)4)11-14-8-6-5-7-9-14/h5-9,12-13H,10-11H2,1-4H3. The van der Waals surface area contributed by atoms with E-state index < -0.39 is 17.2 Å². The van der Waals surface area contributed by atoms with Crippen molar-refractivity contribution in [2.75, 3.05) is 20.6 Å². The molecule has 2 aromatic heterocycles. The van der Waals surface area contributed by atoms with Crippen molar-refractivity contribution in [1.29, 1.82) is 0 Å². The first-order valence-corrected chi connectivity index (χ1v) is 9.78. The Morgan fingerprint density at radius 3 is 2.54 bits per heavy atom. The highest BCUT2D eigenvalue weighted by Gasteiger charge is 2.23. The van der Waals surface area contributed by atoms with E-state index in [1.54, 1.807) is 19.4 Å². The number of ether oxygens (including phenoxy) is 1. The molecule has 28 heavy (non-hydrogen) atoms. The van der Waals surface area contributed by atoms with Crippen molar-refractivity contribution in [3.8, 4) is 0 Å². The number of aryl methyl sites for hydroxylation is 1. The molecule has 0 aliphatic heterocycles. The van der Waals surface area contributed by atoms with Gasteiger partial charge < -0.3 is 9.64 Å². The largest absolute Gasteiger partial charge is 0.458 e. The van der Waals surface area contributed by atoms with Crippen molar-refractivity contribution in [2.45, 2.75) is 19.6 Å². The predicted octanol–water partition coefficient (Wildman–Crippen LogP) is 1.92. The van der Waals surface area contributed by atoms with E-state index in [2.05, 4.69) is 0 Å². The maximum Gasteiger partial charge on any atom is 0.340 e. The zero-order valence-electron chi connectivity index (χ0n) is 16.3. The molecule has 1 aromatic carbocycles. The van der Waals surface area contributed by atoms with Crippen LogP contribution in [0.15, 0.2) is 45.3 Å². The third kappa shape index (κ3) is 3.93. The van der Waals surface area contributed by atoms with Gasteiger partial charge in [-0.3, -0.25) is 13.9 Å². The minimum atomic E-state index is -0.553. The molecule has 0 bridgehead atoms. The van der Waals surface area contributed by atoms with Gasteiger partial charge in [-0.25, -0.2) is 9.59 Å². The zero-order chi connectivity index (χ0) is 20.4. The van der Waals surface area contributed by atoms with Gasteiger partial charge in [0.05, 0.1) is 17.5 Å². The third-order valence-electron chi connectivity index (χ3n) is 4.39. The zero-order valence-corrected chi connectivity index (χ0v) is 17.2. The summed E-state index contributed by atoms with van der Waals surface area (Å²) in [5.74, 6) is -0.553. The maximum absolute atomic E-state index is 13.1. The Morgan fingerprint density at radius 2 is 1.89 bits per heavy atom. The van der Waals surface area contributed by atoms with Gasteiger partial charge in [-0.15, -0.1) is 11.3 Å². The van der Waals surface area contributed by atoms with Crippen molar-refractivity contribution in [2.24, 2.45) is 7.05 Å². The molecular weight excluding hydrogens is 378 g/mol. The fourth-order valence-electron chi connectivity index (χ4n) is 3.14. The summed E-state index contributed by atoms with van der Waals surface area (Å²) >= 11 is 1.19. The molecule has 0 aliphatic rings. The summed E-state index contributed by atoms with van der Waals surface area (Å²) in [7, 11) is 5.39. The van der Waals surface area contributed by atoms with Gasteiger partial charge in [0.2, 0.25) is 0 Å². The van der Waals surface area contributed by atoms with E-state index >= 15 is 0 Å². The van der Waals surface area contributed by atoms with Crippen LogP contribution in [-0.4, -0.2) is 46.7 Å². The second-order valence-electron chi connectivity index (χ2n) is 7.03. The summed E-state index contributed by atoms with van der Waals surface area (Å²) < 4.78 is 8.05. The fourth-order valence-corrected chi connectivity index (χ4v) is 4.14. The first-order valence-electron chi connectivity index (χ1n) is 8.90. The number of hydrogen-bond donors (Lipinski definition) is 0. The monoisotopic (exact) mass is 401 g/mol. The Bertz CT molecular complexity index is 1110. The molecule has 0 radical (unpaired) electrons. The fraction of sp³-hybridized carbons (Fsp3) is 0.350. The molecule has 0 fully saturated rings. The molecule has 1 unspecified atom stereocenters. The number of nitrogens with zero attached hydrogens (tertiary/aromatic N) is 3. The summed E-state index contributed by atoms with van der Waals surface area (Å²) in [6.45, 7) is 2.52. The van der Waals surface area contributed by atoms with Crippen molar-refractivity contribution >= 4 is 27.5 Å². The average molecular weight is 401 g/mol. The lowest BCUT2D eigenvalue weighted by molar-refractivity contribution is 0.0292. The van der Waals surface area contributed by atoms with Crippen LogP contribution in [-0.2, 0) is 18.3 Å². The van der Waals surface area contributed by atoms with Gasteiger partial charge in [-0.05, 0) is 26.6 Å². The van der Waals surface area contributed by atoms with Crippen LogP contribution >= 0.6 is 11.3 Å². The topological polar surface area (TPSA) is 73.5 Å². The number of thiophene rings is 1. The van der Waals surface area contributed by atoms with E-state index in [-0.39, 0.29) is 23.6 Å². The van der Waals surface area contributed by atoms with Gasteiger partial charge in [-0.2, -0.15) is 0 Å². The molecule has 0 amide bonds. The van der Waals surface area contributed by atoms with Gasteiger partial charge in [0.1, 0.15) is 10.9 Å². The molecule has 0 saturated heterocycles. The Labute approximate surface area is 166 Å². The van der Waals surface area contributed by atoms with E-state index in [1.165, 1.54) is 15.9 Å². The summed E-state index contributed by atoms with van der Waals surface area (Å²) in [5.41, 5.74) is 0.146. The first kappa shape index (κ1) is 20.0. The lowest BCUT2D eigenvalue weighted by Gasteiger charge is -2.17. The lowest BCUT2D eigenvalue weighted by Crippen LogP contribution is -2.39. The number of hydrogen-bond acceptors (Lipinski definition) is 6. The lowest BCUT2D eigenvalue weighted by atomic mass is 10.2. The van der Waals surface area contributed by atoms with Crippen LogP contribution in [0.2, 0.25) is 0 Å². The van der Waals surface area contributed by atoms with Crippen LogP contribution < -0.4 is 11.2 Å². The van der Waals surface area contributed by atoms with Crippen molar-refractivity contribution in [3.05, 3.63) is 67.7 Å². The minimum absolute atomic E-state index is 0.143. The normalized spacial score (nSPS) is 12.5. The van der Waals surface area contributed by atoms with Gasteiger partial charge in [0, 0.05) is 19.0 Å². The van der Waals surface area contributed by atoms with Crippen molar-refractivity contribution < 1.29 is 9.53 Å². The maximum atomic E-state index is 13.1. The number of aromatic nitrogens is 2. The molecule has 0 N–H and O–H groups in total. The van der Waals surface area contributed by atoms with Crippen LogP contribution in [0.3, 0.4) is 0 Å². The van der Waals surface area contributed by atoms with Crippen LogP contribution in [0.25, 0.3) is 10.2 Å². The SMILES string of the molecule is CC(CN(C)C)OC(=O)c1csc2c1c(=O)n(Cc1ccccc1)c(=O)n2C. The summed E-state index contributed by atoms with van der Waals surface area (Å²) in [4.78, 5) is 40.8. The van der Waals surface area contributed by atoms with Crippen LogP contribution in [0.4, 0.5) is 0 Å². The Morgan fingerprint density at radius 1 is 1.21 bits per heavy atom. The molecule has 2 heterocycles. The van der Waals surface area contributed by atoms with Gasteiger partial charge in [0.15, 0.2) is 0 Å². The van der Waals surface area contributed by atoms with Crippen LogP contribution in [0.1, 0.15) is 22.8 Å². The number of likely N-dealkylation sites (N-methyl/N-ethyl adjacent to an activating group) is 1. The molecule has 7 nitrogen and oxygen atoms in total. The molecule has 3 rings (SSSR count). The van der Waals surface area contributed by atoms with E-state index in [4.69, 9.17) is 4.74 Å². The summed E-state index contributed by atoms with van der Waals surface area (Å²) in [5, 5.41) is 1.81. The molecular formula is C20H23N3O4S. The van der Waals surface area contributed by atoms with Crippen molar-refractivity contribution in [1.82, 2.24) is 14.0 Å². The quantitative estimate of drug-likeness (QED) is 0.590.